The molecule has 14 amide bonds. The molecule has 37 nitrogen and oxygen atoms in total. The first-order valence-corrected chi connectivity index (χ1v) is 51.2. The number of hydrogen-bond donors (Lipinski definition) is 19. The van der Waals surface area contributed by atoms with Crippen molar-refractivity contribution in [3.63, 3.8) is 0 Å². The lowest BCUT2D eigenvalue weighted by molar-refractivity contribution is -0.148. The SMILES string of the molecule is CC(C)C[C@@H](NC(=O)[C@@H](Cc1ccccc1)NC(=O)[C@H](N)Cc1ccccc1)C(=O)N[C@H](CCCCNC(=O)C1(N)CCN(C(=O)[C@@H](CCCCNC(=O)C2(N)CCN(C(=O)[C@@H](CCCCN)NC(=O)[C@@H](CC(C)C)NC(=O)[C@@H](Cc3ccccc3)NC(=O)[C@H](N)Cc3ccccc3)CC2)NC(=O)[C@@H](CC(C)C)NC(=O)[C@@H](Cc2ccccc2)NC(=O)[C@H](N)Cc2ccccc2)CC1)C(=O)N1CCC(N)(C(=O)O)CC1. The van der Waals surface area contributed by atoms with Crippen LogP contribution in [0.4, 0.5) is 0 Å². The maximum Gasteiger partial charge on any atom is 0.323 e. The van der Waals surface area contributed by atoms with Gasteiger partial charge in [0, 0.05) is 71.6 Å². The first-order valence-electron chi connectivity index (χ1n) is 51.2. The van der Waals surface area contributed by atoms with Crippen LogP contribution in [0.1, 0.15) is 190 Å². The van der Waals surface area contributed by atoms with Crippen molar-refractivity contribution in [3.05, 3.63) is 215 Å². The molecule has 9 rings (SSSR count). The fourth-order valence-corrected chi connectivity index (χ4v) is 18.3. The summed E-state index contributed by atoms with van der Waals surface area (Å²) in [7, 11) is 0. The Morgan fingerprint density at radius 2 is 0.490 bits per heavy atom. The number of hydrogen-bond acceptors (Lipinski definition) is 22. The fourth-order valence-electron chi connectivity index (χ4n) is 18.3. The van der Waals surface area contributed by atoms with E-state index in [1.165, 1.54) is 9.80 Å². The summed E-state index contributed by atoms with van der Waals surface area (Å²) in [6.07, 6.45) is 3.28. The predicted octanol–water partition coefficient (Wildman–Crippen LogP) is 2.67. The molecule has 3 heterocycles. The van der Waals surface area contributed by atoms with Gasteiger partial charge in [-0.15, -0.1) is 0 Å². The van der Waals surface area contributed by atoms with Gasteiger partial charge in [0.25, 0.3) is 0 Å². The molecule has 6 aromatic rings. The monoisotopic (exact) mass is 2000 g/mol. The molecule has 3 aliphatic rings. The molecule has 3 aliphatic heterocycles. The molecule has 145 heavy (non-hydrogen) atoms. The number of carbonyl (C=O) groups is 15. The summed E-state index contributed by atoms with van der Waals surface area (Å²) < 4.78 is 0. The first kappa shape index (κ1) is 116. The van der Waals surface area contributed by atoms with Crippen LogP contribution in [0.2, 0.25) is 0 Å². The molecular weight excluding hydrogens is 1850 g/mol. The normalized spacial score (nSPS) is 16.8. The van der Waals surface area contributed by atoms with E-state index in [9.17, 15) is 67.4 Å². The minimum Gasteiger partial charge on any atom is -0.480 e. The van der Waals surface area contributed by atoms with Crippen LogP contribution in [0.15, 0.2) is 182 Å². The molecule has 6 aromatic carbocycles. The highest BCUT2D eigenvalue weighted by atomic mass is 16.4. The van der Waals surface area contributed by atoms with Gasteiger partial charge in [0.15, 0.2) is 0 Å². The minimum atomic E-state index is -1.59. The van der Waals surface area contributed by atoms with Gasteiger partial charge in [-0.3, -0.25) is 71.9 Å². The molecule has 37 heteroatoms. The molecule has 0 bridgehead atoms. The third-order valence-corrected chi connectivity index (χ3v) is 27.1. The third kappa shape index (κ3) is 37.3. The molecule has 0 saturated carbocycles. The second-order valence-electron chi connectivity index (χ2n) is 40.4. The van der Waals surface area contributed by atoms with Crippen LogP contribution < -0.4 is 98.6 Å². The second kappa shape index (κ2) is 57.7. The van der Waals surface area contributed by atoms with Gasteiger partial charge in [-0.2, -0.15) is 0 Å². The molecule has 3 fully saturated rings. The number of aliphatic carboxylic acids is 1. The number of piperidine rings is 3. The number of carboxylic acids is 1. The van der Waals surface area contributed by atoms with Crippen LogP contribution in [0.3, 0.4) is 0 Å². The summed E-state index contributed by atoms with van der Waals surface area (Å²) in [5.41, 5.74) is 45.4. The number of nitrogens with one attached hydrogen (secondary N) is 11. The van der Waals surface area contributed by atoms with Gasteiger partial charge in [-0.1, -0.05) is 224 Å². The van der Waals surface area contributed by atoms with E-state index >= 15 is 9.59 Å². The standard InChI is InChI=1S/C108H155N21O16/c1-70(2)61-85(124-97(136)88(67-76-37-19-10-20-38-76)121-91(130)79(110)64-73-31-13-7-14-32-73)94(133)118-82(43-25-28-52-109)100(139)127-55-46-106(113,47-56-127)103(142)116-53-29-26-44-83(119-95(134)86(62-71(3)4)125-98(137)89(68-77-39-21-11-22-40-77)122-92(131)80(111)65-74-33-15-8-16-34-74)101(140)128-57-48-107(114,49-58-128)104(143)117-54-30-27-45-84(102(141)129-59-50-108(115,51-60-129)105(144)145)120-96(135)87(63-72(5)6)126-99(138)90(69-78-41-23-12-24-42-78)123-93(132)81(112)66-75-35-17-9-18-36-75/h7-24,31-42,70-72,79-90H,25-30,43-69,109-115H2,1-6H3,(H,116,142)(H,117,143)(H,118,133)(H,119,134)(H,120,135)(H,121,130)(H,122,131)(H,123,132)(H,124,136)(H,125,137)(H,126,138)(H,144,145)/t79-,80-,81-,82-,83-,84-,85-,86-,87-,88-,89-,90-/m1/s1. The Bertz CT molecular complexity index is 5180. The zero-order valence-electron chi connectivity index (χ0n) is 84.8. The molecule has 0 spiro atoms. The number of amides is 14. The summed E-state index contributed by atoms with van der Waals surface area (Å²) in [6, 6.07) is 40.9. The van der Waals surface area contributed by atoms with Crippen molar-refractivity contribution in [2.24, 2.45) is 57.9 Å². The van der Waals surface area contributed by atoms with E-state index < -0.39 is 178 Å². The van der Waals surface area contributed by atoms with Gasteiger partial charge in [0.1, 0.15) is 59.9 Å². The maximum atomic E-state index is 15.3. The van der Waals surface area contributed by atoms with Gasteiger partial charge in [-0.05, 0) is 193 Å². The lowest BCUT2D eigenvalue weighted by atomic mass is 9.87. The van der Waals surface area contributed by atoms with E-state index in [4.69, 9.17) is 40.1 Å². The van der Waals surface area contributed by atoms with Crippen LogP contribution in [0.5, 0.6) is 0 Å². The summed E-state index contributed by atoms with van der Waals surface area (Å²) in [5.74, 6) is -9.92. The topological polar surface area (TPSA) is 600 Å². The van der Waals surface area contributed by atoms with Crippen molar-refractivity contribution in [1.29, 1.82) is 0 Å². The van der Waals surface area contributed by atoms with E-state index in [0.717, 1.165) is 27.8 Å². The van der Waals surface area contributed by atoms with Crippen LogP contribution in [0.25, 0.3) is 0 Å². The molecule has 788 valence electrons. The highest BCUT2D eigenvalue weighted by molar-refractivity contribution is 5.99. The Hall–Kier alpha value is -12.9. The highest BCUT2D eigenvalue weighted by Gasteiger charge is 2.46. The van der Waals surface area contributed by atoms with Crippen molar-refractivity contribution in [1.82, 2.24) is 73.2 Å². The molecule has 0 aliphatic carbocycles. The largest absolute Gasteiger partial charge is 0.480 e. The lowest BCUT2D eigenvalue weighted by Crippen LogP contribution is -2.62. The van der Waals surface area contributed by atoms with Gasteiger partial charge < -0.3 is 118 Å². The number of carbonyl (C=O) groups excluding carboxylic acids is 14. The number of likely N-dealkylation sites (tertiary alicyclic amines) is 3. The zero-order chi connectivity index (χ0) is 105. The Labute approximate surface area is 851 Å². The molecule has 26 N–H and O–H groups in total. The maximum absolute atomic E-state index is 15.3. The third-order valence-electron chi connectivity index (χ3n) is 27.1. The number of nitrogens with two attached hydrogens (primary N) is 7. The second-order valence-corrected chi connectivity index (χ2v) is 40.4. The predicted molar refractivity (Wildman–Crippen MR) is 553 cm³/mol. The minimum absolute atomic E-state index is 0.0146. The van der Waals surface area contributed by atoms with Crippen molar-refractivity contribution >= 4 is 88.7 Å². The summed E-state index contributed by atoms with van der Waals surface area (Å²) in [6.45, 7) is 11.6. The smallest absolute Gasteiger partial charge is 0.323 e. The number of rotatable bonds is 56. The van der Waals surface area contributed by atoms with E-state index in [1.54, 1.807) is 53.4 Å². The Morgan fingerprint density at radius 1 is 0.283 bits per heavy atom. The van der Waals surface area contributed by atoms with Crippen LogP contribution in [0, 0.1) is 17.8 Å². The van der Waals surface area contributed by atoms with Gasteiger partial charge in [0.2, 0.25) is 82.7 Å². The zero-order valence-corrected chi connectivity index (χ0v) is 84.8. The van der Waals surface area contributed by atoms with Gasteiger partial charge in [-0.25, -0.2) is 0 Å². The van der Waals surface area contributed by atoms with E-state index in [2.05, 4.69) is 58.5 Å². The van der Waals surface area contributed by atoms with Crippen LogP contribution in [-0.2, 0) is 110 Å². The molecule has 0 aromatic heterocycles. The number of benzene rings is 6. The van der Waals surface area contributed by atoms with Crippen LogP contribution in [-0.4, -0.2) is 256 Å². The molecule has 0 radical (unpaired) electrons. The van der Waals surface area contributed by atoms with Gasteiger partial charge >= 0.3 is 5.97 Å². The Kier molecular flexibility index (Phi) is 46.0. The van der Waals surface area contributed by atoms with Crippen molar-refractivity contribution in [3.8, 4) is 0 Å². The van der Waals surface area contributed by atoms with Crippen LogP contribution >= 0.6 is 0 Å². The lowest BCUT2D eigenvalue weighted by Gasteiger charge is -2.39. The summed E-state index contributed by atoms with van der Waals surface area (Å²) >= 11 is 0. The average Bonchev–Trinajstić information content (AvgIpc) is 0.816. The van der Waals surface area contributed by atoms with Gasteiger partial charge in [0.05, 0.1) is 29.2 Å². The first-order chi connectivity index (χ1) is 69.2. The Balaban J connectivity index is 0.848. The van der Waals surface area contributed by atoms with Crippen molar-refractivity contribution in [2.45, 2.75) is 285 Å². The number of carboxylic acid groups (broad SMARTS) is 1. The van der Waals surface area contributed by atoms with Crippen molar-refractivity contribution in [2.75, 3.05) is 58.9 Å². The average molecular weight is 2000 g/mol. The van der Waals surface area contributed by atoms with Crippen molar-refractivity contribution < 1.29 is 77.0 Å². The molecule has 0 unspecified atom stereocenters. The molecule has 3 saturated heterocycles. The number of unbranched alkanes of at least 4 members (excludes halogenated alkanes) is 3. The highest BCUT2D eigenvalue weighted by Crippen LogP contribution is 2.27. The Morgan fingerprint density at radius 3 is 0.717 bits per heavy atom. The summed E-state index contributed by atoms with van der Waals surface area (Å²) in [5, 5.41) is 41.8. The number of nitrogens with zero attached hydrogens (tertiary/aromatic N) is 3. The van der Waals surface area contributed by atoms with E-state index in [1.807, 2.05) is 175 Å². The quantitative estimate of drug-likeness (QED) is 0.0244. The summed E-state index contributed by atoms with van der Waals surface area (Å²) in [4.78, 5) is 220. The van der Waals surface area contributed by atoms with E-state index in [-0.39, 0.29) is 211 Å². The molecule has 12 atom stereocenters. The fraction of sp³-hybridized carbons (Fsp3) is 0.528. The molecular formula is C108H155N21O16. The van der Waals surface area contributed by atoms with E-state index in [0.29, 0.717) is 24.9 Å².